The Morgan fingerprint density at radius 2 is 1.91 bits per heavy atom. The van der Waals surface area contributed by atoms with Crippen LogP contribution in [0.25, 0.3) is 0 Å². The molecule has 3 atom stereocenters. The monoisotopic (exact) mass is 352 g/mol. The zero-order valence-electron chi connectivity index (χ0n) is 14.6. The fraction of sp³-hybridized carbons (Fsp3) is 0.857. The number of methoxy groups -OCH3 is 1. The maximum Gasteiger partial charge on any atom is 0.338 e. The van der Waals surface area contributed by atoms with Gasteiger partial charge < -0.3 is 10.5 Å². The first-order valence-electron chi connectivity index (χ1n) is 7.52. The molecule has 3 N–H and O–H groups in total. The number of urea groups is 1. The fourth-order valence-corrected chi connectivity index (χ4v) is 3.17. The summed E-state index contributed by atoms with van der Waals surface area (Å²) in [4.78, 5) is 16.8. The minimum atomic E-state index is -3.40. The summed E-state index contributed by atoms with van der Waals surface area (Å²) in [5.74, 6) is -0.299. The molecule has 0 rings (SSSR count). The van der Waals surface area contributed by atoms with Gasteiger partial charge in [0.05, 0.1) is 25.5 Å². The highest BCUT2D eigenvalue weighted by Gasteiger charge is 2.32. The number of nitrogens with zero attached hydrogens (tertiary/aromatic N) is 1. The van der Waals surface area contributed by atoms with Gasteiger partial charge in [-0.2, -0.15) is 0 Å². The van der Waals surface area contributed by atoms with Gasteiger partial charge in [0.2, 0.25) is 10.0 Å². The molecule has 0 fully saturated rings. The van der Waals surface area contributed by atoms with Crippen LogP contribution in [0.3, 0.4) is 0 Å². The van der Waals surface area contributed by atoms with E-state index in [1.807, 2.05) is 20.8 Å². The zero-order valence-corrected chi connectivity index (χ0v) is 15.4. The number of nitrogens with two attached hydrogens (primary N) is 1. The molecule has 0 heterocycles. The quantitative estimate of drug-likeness (QED) is 0.533. The lowest BCUT2D eigenvalue weighted by Gasteiger charge is -2.34. The van der Waals surface area contributed by atoms with E-state index in [0.29, 0.717) is 6.42 Å². The van der Waals surface area contributed by atoms with Crippen LogP contribution >= 0.6 is 0 Å². The van der Waals surface area contributed by atoms with E-state index in [4.69, 9.17) is 15.3 Å². The molecule has 0 aliphatic carbocycles. The van der Waals surface area contributed by atoms with Crippen molar-refractivity contribution >= 4 is 16.1 Å². The Kier molecular flexibility index (Phi) is 9.67. The number of carbonyl (C=O) groups excluding carboxylic acids is 1. The van der Waals surface area contributed by atoms with Gasteiger partial charge >= 0.3 is 6.03 Å². The van der Waals surface area contributed by atoms with Crippen molar-refractivity contribution in [2.45, 2.75) is 39.3 Å². The number of hydroxylamine groups is 2. The summed E-state index contributed by atoms with van der Waals surface area (Å²) in [6.07, 6.45) is 1.27. The molecule has 0 aromatic carbocycles. The van der Waals surface area contributed by atoms with E-state index in [-0.39, 0.29) is 31.1 Å². The lowest BCUT2D eigenvalue weighted by atomic mass is 9.88. The van der Waals surface area contributed by atoms with Crippen LogP contribution in [-0.2, 0) is 19.6 Å². The van der Waals surface area contributed by atoms with Crippen molar-refractivity contribution in [3.63, 3.8) is 0 Å². The second-order valence-corrected chi connectivity index (χ2v) is 7.63. The van der Waals surface area contributed by atoms with Crippen molar-refractivity contribution in [3.8, 4) is 0 Å². The number of ether oxygens (including phenoxy) is 1. The Hall–Kier alpha value is -0.900. The summed E-state index contributed by atoms with van der Waals surface area (Å²) in [5.41, 5.74) is 5.25. The van der Waals surface area contributed by atoms with Crippen LogP contribution in [0.1, 0.15) is 27.2 Å². The molecular weight excluding hydrogens is 322 g/mol. The molecule has 0 saturated heterocycles. The molecule has 137 valence electrons. The van der Waals surface area contributed by atoms with Gasteiger partial charge in [0.25, 0.3) is 0 Å². The Labute approximate surface area is 139 Å². The Morgan fingerprint density at radius 3 is 2.26 bits per heavy atom. The molecule has 0 aromatic rings. The molecule has 3 unspecified atom stereocenters. The van der Waals surface area contributed by atoms with Crippen molar-refractivity contribution in [1.29, 1.82) is 0 Å². The predicted octanol–water partition coefficient (Wildman–Crippen LogP) is 0.748. The average Bonchev–Trinajstić information content (AvgIpc) is 2.42. The van der Waals surface area contributed by atoms with Crippen molar-refractivity contribution in [2.24, 2.45) is 17.6 Å². The van der Waals surface area contributed by atoms with Crippen LogP contribution < -0.4 is 10.5 Å². The van der Waals surface area contributed by atoms with Crippen LogP contribution in [0.2, 0.25) is 0 Å². The van der Waals surface area contributed by atoms with Crippen LogP contribution in [0.15, 0.2) is 0 Å². The van der Waals surface area contributed by atoms with Crippen molar-refractivity contribution in [3.05, 3.63) is 6.92 Å². The summed E-state index contributed by atoms with van der Waals surface area (Å²) in [6.45, 7) is 9.63. The van der Waals surface area contributed by atoms with Gasteiger partial charge in [-0.15, -0.1) is 0 Å². The number of rotatable bonds is 11. The molecule has 0 aliphatic rings. The third-order valence-electron chi connectivity index (χ3n) is 3.53. The second-order valence-electron chi connectivity index (χ2n) is 5.85. The van der Waals surface area contributed by atoms with Gasteiger partial charge in [0.15, 0.2) is 0 Å². The highest BCUT2D eigenvalue weighted by atomic mass is 32.2. The minimum absolute atomic E-state index is 0.00537. The molecule has 23 heavy (non-hydrogen) atoms. The molecule has 0 aliphatic heterocycles. The predicted molar refractivity (Wildman–Crippen MR) is 88.8 cm³/mol. The van der Waals surface area contributed by atoms with Crippen LogP contribution in [0.4, 0.5) is 4.79 Å². The number of carbonyl (C=O) groups is 1. The number of nitrogens with one attached hydrogen (secondary N) is 1. The minimum Gasteiger partial charge on any atom is -0.381 e. The Morgan fingerprint density at radius 1 is 1.35 bits per heavy atom. The van der Waals surface area contributed by atoms with Gasteiger partial charge in [-0.05, 0) is 19.3 Å². The first-order valence-corrected chi connectivity index (χ1v) is 9.41. The first kappa shape index (κ1) is 22.1. The lowest BCUT2D eigenvalue weighted by molar-refractivity contribution is -0.143. The maximum atomic E-state index is 11.6. The van der Waals surface area contributed by atoms with E-state index < -0.39 is 22.1 Å². The topological polar surface area (TPSA) is 111 Å². The van der Waals surface area contributed by atoms with E-state index in [1.165, 1.54) is 7.11 Å². The van der Waals surface area contributed by atoms with E-state index in [0.717, 1.165) is 11.3 Å². The van der Waals surface area contributed by atoms with Crippen LogP contribution in [-0.4, -0.2) is 58.2 Å². The van der Waals surface area contributed by atoms with Crippen molar-refractivity contribution < 1.29 is 22.8 Å². The third-order valence-corrected chi connectivity index (χ3v) is 4.23. The average molecular weight is 352 g/mol. The number of hydrogen-bond donors (Lipinski definition) is 2. The highest BCUT2D eigenvalue weighted by molar-refractivity contribution is 7.88. The van der Waals surface area contributed by atoms with Crippen molar-refractivity contribution in [2.75, 3.05) is 26.5 Å². The SMILES string of the molecule is [CH2]CCN(OCC(C(C)OC)C(NS(C)(=O)=O)C(C)C)C(N)=O. The Bertz CT molecular complexity index is 455. The summed E-state index contributed by atoms with van der Waals surface area (Å²) >= 11 is 0. The normalized spacial score (nSPS) is 16.1. The van der Waals surface area contributed by atoms with E-state index in [1.54, 1.807) is 0 Å². The Balaban J connectivity index is 5.20. The largest absolute Gasteiger partial charge is 0.381 e. The number of primary amides is 1. The van der Waals surface area contributed by atoms with Gasteiger partial charge in [-0.3, -0.25) is 4.84 Å². The van der Waals surface area contributed by atoms with Crippen LogP contribution in [0, 0.1) is 18.8 Å². The molecule has 0 aromatic heterocycles. The number of amides is 2. The molecular formula is C14H30N3O5S. The highest BCUT2D eigenvalue weighted by Crippen LogP contribution is 2.20. The molecule has 1 radical (unpaired) electrons. The molecule has 0 bridgehead atoms. The standard InChI is InChI=1S/C14H30N3O5S/c1-7-8-17(14(15)18)22-9-12(11(4)21-5)13(10(2)3)16-23(6,19)20/h10-13,16H,1,7-9H2,2-6H3,(H2,15,18). The lowest BCUT2D eigenvalue weighted by Crippen LogP contribution is -2.50. The summed E-state index contributed by atoms with van der Waals surface area (Å²) in [6, 6.07) is -1.12. The summed E-state index contributed by atoms with van der Waals surface area (Å²) in [7, 11) is -1.86. The van der Waals surface area contributed by atoms with Gasteiger partial charge in [-0.1, -0.05) is 20.8 Å². The molecule has 9 heteroatoms. The van der Waals surface area contributed by atoms with E-state index >= 15 is 0 Å². The second kappa shape index (κ2) is 10.1. The zero-order chi connectivity index (χ0) is 18.2. The van der Waals surface area contributed by atoms with Crippen molar-refractivity contribution in [1.82, 2.24) is 9.79 Å². The van der Waals surface area contributed by atoms with E-state index in [2.05, 4.69) is 11.6 Å². The smallest absolute Gasteiger partial charge is 0.338 e. The third kappa shape index (κ3) is 8.50. The molecule has 0 saturated carbocycles. The van der Waals surface area contributed by atoms with E-state index in [9.17, 15) is 13.2 Å². The fourth-order valence-electron chi connectivity index (χ4n) is 2.23. The molecule has 8 nitrogen and oxygen atoms in total. The number of hydrogen-bond acceptors (Lipinski definition) is 5. The number of sulfonamides is 1. The first-order chi connectivity index (χ1) is 10.5. The molecule has 0 spiro atoms. The molecule has 2 amide bonds. The summed E-state index contributed by atoms with van der Waals surface area (Å²) in [5, 5.41) is 1.03. The van der Waals surface area contributed by atoms with Gasteiger partial charge in [0.1, 0.15) is 0 Å². The van der Waals surface area contributed by atoms with Crippen LogP contribution in [0.5, 0.6) is 0 Å². The maximum absolute atomic E-state index is 11.6. The summed E-state index contributed by atoms with van der Waals surface area (Å²) < 4.78 is 31.2. The van der Waals surface area contributed by atoms with Gasteiger partial charge in [0, 0.05) is 19.1 Å². The van der Waals surface area contributed by atoms with Gasteiger partial charge in [-0.25, -0.2) is 23.0 Å².